The molecule has 0 radical (unpaired) electrons. The van der Waals surface area contributed by atoms with Crippen LogP contribution in [0, 0.1) is 17.2 Å². The predicted molar refractivity (Wildman–Crippen MR) is 131 cm³/mol. The normalized spacial score (nSPS) is 18.6. The summed E-state index contributed by atoms with van der Waals surface area (Å²) in [7, 11) is 0. The van der Waals surface area contributed by atoms with Crippen LogP contribution in [-0.2, 0) is 4.79 Å². The van der Waals surface area contributed by atoms with Gasteiger partial charge in [0.15, 0.2) is 0 Å². The average molecular weight is 441 g/mol. The molecule has 5 rings (SSSR count). The number of amides is 1. The Balaban J connectivity index is 1.63. The second-order valence-electron chi connectivity index (χ2n) is 9.67. The van der Waals surface area contributed by atoms with Gasteiger partial charge in [-0.25, -0.2) is 4.98 Å². The minimum absolute atomic E-state index is 0.134. The van der Waals surface area contributed by atoms with Gasteiger partial charge in [-0.05, 0) is 55.9 Å². The maximum atomic E-state index is 13.9. The number of aromatic nitrogens is 2. The molecule has 1 heterocycles. The van der Waals surface area contributed by atoms with Gasteiger partial charge in [-0.2, -0.15) is 5.26 Å². The van der Waals surface area contributed by atoms with E-state index in [2.05, 4.69) is 22.0 Å². The molecular formula is C28H32N4O. The Labute approximate surface area is 195 Å². The summed E-state index contributed by atoms with van der Waals surface area (Å²) in [5.74, 6) is 1.20. The summed E-state index contributed by atoms with van der Waals surface area (Å²) in [4.78, 5) is 18.9. The number of fused-ring (bicyclic) bond motifs is 1. The molecule has 0 saturated heterocycles. The van der Waals surface area contributed by atoms with Crippen molar-refractivity contribution in [2.24, 2.45) is 5.92 Å². The van der Waals surface area contributed by atoms with Gasteiger partial charge in [0.25, 0.3) is 0 Å². The van der Waals surface area contributed by atoms with E-state index >= 15 is 0 Å². The Morgan fingerprint density at radius 1 is 0.970 bits per heavy atom. The number of carbonyl (C=O) groups is 1. The van der Waals surface area contributed by atoms with Gasteiger partial charge in [0.05, 0.1) is 22.7 Å². The Morgan fingerprint density at radius 3 is 2.45 bits per heavy atom. The van der Waals surface area contributed by atoms with E-state index in [1.807, 2.05) is 42.5 Å². The third-order valence-corrected chi connectivity index (χ3v) is 7.44. The number of carbonyl (C=O) groups excluding carboxylic acids is 1. The zero-order valence-electron chi connectivity index (χ0n) is 19.2. The Bertz CT molecular complexity index is 1160. The van der Waals surface area contributed by atoms with E-state index in [1.54, 1.807) is 0 Å². The van der Waals surface area contributed by atoms with Gasteiger partial charge in [0, 0.05) is 11.6 Å². The summed E-state index contributed by atoms with van der Waals surface area (Å²) in [5, 5.41) is 12.9. The van der Waals surface area contributed by atoms with Gasteiger partial charge in [-0.1, -0.05) is 62.8 Å². The molecule has 5 heteroatoms. The van der Waals surface area contributed by atoms with Crippen LogP contribution in [0.5, 0.6) is 0 Å². The average Bonchev–Trinajstić information content (AvgIpc) is 3.25. The monoisotopic (exact) mass is 440 g/mol. The molecule has 33 heavy (non-hydrogen) atoms. The van der Waals surface area contributed by atoms with E-state index in [-0.39, 0.29) is 23.9 Å². The number of benzene rings is 2. The fourth-order valence-corrected chi connectivity index (χ4v) is 5.78. The number of nitrogens with zero attached hydrogens (tertiary/aromatic N) is 3. The maximum absolute atomic E-state index is 13.9. The quantitative estimate of drug-likeness (QED) is 0.517. The molecule has 2 aliphatic carbocycles. The van der Waals surface area contributed by atoms with Crippen LogP contribution in [0.25, 0.3) is 22.4 Å². The molecule has 1 N–H and O–H groups in total. The standard InChI is InChI=1S/C28H32N4O/c29-19-20-10-9-13-22(18-20)27-31-24-16-7-8-17-25(24)32(27)26(21-11-3-1-4-12-21)28(33)30-23-14-5-2-6-15-23/h7-10,13,16-18,21,23,26H,1-6,11-12,14-15H2,(H,30,33). The molecule has 3 aromatic rings. The van der Waals surface area contributed by atoms with Crippen molar-refractivity contribution in [3.8, 4) is 17.5 Å². The third-order valence-electron chi connectivity index (χ3n) is 7.44. The van der Waals surface area contributed by atoms with Crippen LogP contribution in [0.4, 0.5) is 0 Å². The summed E-state index contributed by atoms with van der Waals surface area (Å²) >= 11 is 0. The van der Waals surface area contributed by atoms with Gasteiger partial charge in [0.1, 0.15) is 11.9 Å². The van der Waals surface area contributed by atoms with Crippen LogP contribution in [0.2, 0.25) is 0 Å². The van der Waals surface area contributed by atoms with E-state index < -0.39 is 0 Å². The largest absolute Gasteiger partial charge is 0.352 e. The molecule has 1 amide bonds. The Kier molecular flexibility index (Phi) is 6.44. The van der Waals surface area contributed by atoms with E-state index in [4.69, 9.17) is 4.98 Å². The molecule has 0 aliphatic heterocycles. The summed E-state index contributed by atoms with van der Waals surface area (Å²) in [5.41, 5.74) is 3.37. The van der Waals surface area contributed by atoms with Gasteiger partial charge in [0.2, 0.25) is 5.91 Å². The highest BCUT2D eigenvalue weighted by Crippen LogP contribution is 2.38. The number of imidazole rings is 1. The van der Waals surface area contributed by atoms with Crippen LogP contribution in [0.1, 0.15) is 75.8 Å². The van der Waals surface area contributed by atoms with Gasteiger partial charge in [-0.3, -0.25) is 4.79 Å². The lowest BCUT2D eigenvalue weighted by Crippen LogP contribution is -2.43. The number of nitrogens with one attached hydrogen (secondary N) is 1. The molecule has 2 saturated carbocycles. The SMILES string of the molecule is N#Cc1cccc(-c2nc3ccccc3n2C(C(=O)NC2CCCCC2)C2CCCCC2)c1. The lowest BCUT2D eigenvalue weighted by Gasteiger charge is -2.33. The fourth-order valence-electron chi connectivity index (χ4n) is 5.78. The van der Waals surface area contributed by atoms with Crippen LogP contribution in [-0.4, -0.2) is 21.5 Å². The van der Waals surface area contributed by atoms with Crippen molar-refractivity contribution < 1.29 is 4.79 Å². The molecule has 1 atom stereocenters. The highest BCUT2D eigenvalue weighted by atomic mass is 16.2. The first kappa shape index (κ1) is 21.7. The molecule has 5 nitrogen and oxygen atoms in total. The summed E-state index contributed by atoms with van der Waals surface area (Å²) < 4.78 is 2.18. The third kappa shape index (κ3) is 4.53. The predicted octanol–water partition coefficient (Wildman–Crippen LogP) is 6.15. The summed E-state index contributed by atoms with van der Waals surface area (Å²) in [6.07, 6.45) is 11.5. The minimum atomic E-state index is -0.291. The smallest absolute Gasteiger partial charge is 0.243 e. The number of nitriles is 1. The number of para-hydroxylation sites is 2. The van der Waals surface area contributed by atoms with Crippen molar-refractivity contribution in [1.82, 2.24) is 14.9 Å². The molecule has 1 aromatic heterocycles. The lowest BCUT2D eigenvalue weighted by atomic mass is 9.82. The number of hydrogen-bond acceptors (Lipinski definition) is 3. The van der Waals surface area contributed by atoms with Crippen molar-refractivity contribution in [3.63, 3.8) is 0 Å². The first-order valence-corrected chi connectivity index (χ1v) is 12.5. The first-order valence-electron chi connectivity index (χ1n) is 12.5. The molecular weight excluding hydrogens is 408 g/mol. The molecule has 0 spiro atoms. The lowest BCUT2D eigenvalue weighted by molar-refractivity contribution is -0.127. The molecule has 1 unspecified atom stereocenters. The summed E-state index contributed by atoms with van der Waals surface area (Å²) in [6.45, 7) is 0. The van der Waals surface area contributed by atoms with Crippen molar-refractivity contribution in [3.05, 3.63) is 54.1 Å². The van der Waals surface area contributed by atoms with Crippen molar-refractivity contribution >= 4 is 16.9 Å². The highest BCUT2D eigenvalue weighted by molar-refractivity contribution is 5.87. The van der Waals surface area contributed by atoms with Crippen LogP contribution in [0.3, 0.4) is 0 Å². The molecule has 0 bridgehead atoms. The van der Waals surface area contributed by atoms with E-state index in [0.29, 0.717) is 5.56 Å². The highest BCUT2D eigenvalue weighted by Gasteiger charge is 2.35. The van der Waals surface area contributed by atoms with Crippen molar-refractivity contribution in [2.45, 2.75) is 76.3 Å². The molecule has 2 aromatic carbocycles. The first-order chi connectivity index (χ1) is 16.2. The van der Waals surface area contributed by atoms with E-state index in [0.717, 1.165) is 48.1 Å². The Hall–Kier alpha value is -3.13. The van der Waals surface area contributed by atoms with Gasteiger partial charge in [-0.15, -0.1) is 0 Å². The van der Waals surface area contributed by atoms with Crippen LogP contribution in [0.15, 0.2) is 48.5 Å². The maximum Gasteiger partial charge on any atom is 0.243 e. The molecule has 2 aliphatic rings. The molecule has 170 valence electrons. The van der Waals surface area contributed by atoms with Gasteiger partial charge >= 0.3 is 0 Å². The van der Waals surface area contributed by atoms with E-state index in [9.17, 15) is 10.1 Å². The van der Waals surface area contributed by atoms with Crippen molar-refractivity contribution in [2.75, 3.05) is 0 Å². The van der Waals surface area contributed by atoms with E-state index in [1.165, 1.54) is 38.5 Å². The minimum Gasteiger partial charge on any atom is -0.352 e. The Morgan fingerprint density at radius 2 is 1.70 bits per heavy atom. The summed E-state index contributed by atoms with van der Waals surface area (Å²) in [6, 6.07) is 17.9. The van der Waals surface area contributed by atoms with Crippen LogP contribution < -0.4 is 5.32 Å². The van der Waals surface area contributed by atoms with Crippen molar-refractivity contribution in [1.29, 1.82) is 5.26 Å². The fraction of sp³-hybridized carbons (Fsp3) is 0.464. The zero-order valence-corrected chi connectivity index (χ0v) is 19.2. The molecule has 2 fully saturated rings. The number of rotatable bonds is 5. The number of hydrogen-bond donors (Lipinski definition) is 1. The second kappa shape index (κ2) is 9.79. The second-order valence-corrected chi connectivity index (χ2v) is 9.67. The van der Waals surface area contributed by atoms with Gasteiger partial charge < -0.3 is 9.88 Å². The zero-order chi connectivity index (χ0) is 22.6. The van der Waals surface area contributed by atoms with Crippen LogP contribution >= 0.6 is 0 Å². The topological polar surface area (TPSA) is 70.7 Å².